The van der Waals surface area contributed by atoms with E-state index < -0.39 is 27.9 Å². The van der Waals surface area contributed by atoms with Gasteiger partial charge in [0.25, 0.3) is 0 Å². The van der Waals surface area contributed by atoms with E-state index in [1.54, 1.807) is 0 Å². The van der Waals surface area contributed by atoms with Gasteiger partial charge >= 0.3 is 5.69 Å². The first-order valence-electron chi connectivity index (χ1n) is 7.03. The number of nitrogens with two attached hydrogens (primary N) is 1. The van der Waals surface area contributed by atoms with E-state index in [9.17, 15) is 19.6 Å². The lowest BCUT2D eigenvalue weighted by Crippen LogP contribution is -2.44. The van der Waals surface area contributed by atoms with Crippen LogP contribution < -0.4 is 5.73 Å². The van der Waals surface area contributed by atoms with Gasteiger partial charge in [-0.25, -0.2) is 0 Å². The summed E-state index contributed by atoms with van der Waals surface area (Å²) in [6.45, 7) is 4.28. The monoisotopic (exact) mass is 296 g/mol. The molecule has 0 amide bonds. The molecule has 0 saturated heterocycles. The van der Waals surface area contributed by atoms with Crippen LogP contribution in [0.4, 0.5) is 10.1 Å². The van der Waals surface area contributed by atoms with Crippen molar-refractivity contribution in [1.29, 1.82) is 0 Å². The Bertz CT molecular complexity index is 562. The largest absolute Gasteiger partial charge is 0.392 e. The second kappa shape index (κ2) is 5.35. The van der Waals surface area contributed by atoms with Crippen molar-refractivity contribution in [1.82, 2.24) is 0 Å². The van der Waals surface area contributed by atoms with Gasteiger partial charge in [0.15, 0.2) is 0 Å². The summed E-state index contributed by atoms with van der Waals surface area (Å²) in [6, 6.07) is 3.88. The highest BCUT2D eigenvalue weighted by Gasteiger charge is 2.50. The fourth-order valence-corrected chi connectivity index (χ4v) is 3.36. The predicted octanol–water partition coefficient (Wildman–Crippen LogP) is 2.40. The van der Waals surface area contributed by atoms with Gasteiger partial charge in [0.05, 0.1) is 11.0 Å². The average molecular weight is 296 g/mol. The van der Waals surface area contributed by atoms with Crippen LogP contribution in [0.1, 0.15) is 32.3 Å². The van der Waals surface area contributed by atoms with Crippen LogP contribution in [0.2, 0.25) is 0 Å². The molecule has 1 aliphatic carbocycles. The van der Waals surface area contributed by atoms with Crippen molar-refractivity contribution in [2.75, 3.05) is 6.54 Å². The van der Waals surface area contributed by atoms with Gasteiger partial charge in [-0.2, -0.15) is 4.39 Å². The van der Waals surface area contributed by atoms with Crippen molar-refractivity contribution >= 4 is 5.69 Å². The van der Waals surface area contributed by atoms with Crippen LogP contribution in [-0.4, -0.2) is 22.7 Å². The second-order valence-corrected chi connectivity index (χ2v) is 6.68. The molecule has 3 N–H and O–H groups in total. The van der Waals surface area contributed by atoms with Gasteiger partial charge in [-0.3, -0.25) is 10.1 Å². The van der Waals surface area contributed by atoms with E-state index in [2.05, 4.69) is 0 Å². The van der Waals surface area contributed by atoms with Crippen molar-refractivity contribution < 1.29 is 14.4 Å². The van der Waals surface area contributed by atoms with Gasteiger partial charge in [0, 0.05) is 18.0 Å². The molecular weight excluding hydrogens is 275 g/mol. The normalized spacial score (nSPS) is 27.8. The van der Waals surface area contributed by atoms with Crippen molar-refractivity contribution in [3.05, 3.63) is 39.7 Å². The van der Waals surface area contributed by atoms with Gasteiger partial charge in [-0.15, -0.1) is 0 Å². The van der Waals surface area contributed by atoms with Gasteiger partial charge in [0.1, 0.15) is 0 Å². The molecule has 0 aromatic heterocycles. The Morgan fingerprint density at radius 1 is 1.48 bits per heavy atom. The molecule has 1 aliphatic rings. The number of halogens is 1. The fourth-order valence-electron chi connectivity index (χ4n) is 3.36. The van der Waals surface area contributed by atoms with Crippen LogP contribution >= 0.6 is 0 Å². The Morgan fingerprint density at radius 2 is 2.14 bits per heavy atom. The first-order valence-corrected chi connectivity index (χ1v) is 7.03. The summed E-state index contributed by atoms with van der Waals surface area (Å²) in [5, 5.41) is 21.2. The molecule has 6 heteroatoms. The molecular formula is C15H21FN2O3. The summed E-state index contributed by atoms with van der Waals surface area (Å²) in [7, 11) is 0. The molecule has 1 saturated carbocycles. The topological polar surface area (TPSA) is 89.4 Å². The number of rotatable bonds is 4. The minimum atomic E-state index is -0.851. The van der Waals surface area contributed by atoms with E-state index in [0.717, 1.165) is 12.8 Å². The third kappa shape index (κ3) is 2.78. The zero-order chi connectivity index (χ0) is 15.8. The molecule has 1 aromatic rings. The zero-order valence-electron chi connectivity index (χ0n) is 12.3. The molecule has 0 heterocycles. The quantitative estimate of drug-likeness (QED) is 0.659. The van der Waals surface area contributed by atoms with Crippen molar-refractivity contribution in [3.8, 4) is 0 Å². The van der Waals surface area contributed by atoms with Crippen LogP contribution in [0.3, 0.4) is 0 Å². The molecule has 0 bridgehead atoms. The zero-order valence-corrected chi connectivity index (χ0v) is 12.3. The number of nitro groups is 1. The van der Waals surface area contributed by atoms with Gasteiger partial charge in [0.2, 0.25) is 5.82 Å². The van der Waals surface area contributed by atoms with Crippen LogP contribution in [0.25, 0.3) is 0 Å². The van der Waals surface area contributed by atoms with E-state index in [-0.39, 0.29) is 5.41 Å². The molecule has 116 valence electrons. The standard InChI is InChI=1S/C15H21FN2O3/c1-14(2)5-6-15(9-17,13(14)19)8-10-3-4-12(18(20)21)11(16)7-10/h3-4,7,13,19H,5-6,8-9,17H2,1-2H3. The maximum atomic E-state index is 13.7. The molecule has 0 radical (unpaired) electrons. The fraction of sp³-hybridized carbons (Fsp3) is 0.600. The average Bonchev–Trinajstić information content (AvgIpc) is 2.63. The third-order valence-corrected chi connectivity index (χ3v) is 4.76. The highest BCUT2D eigenvalue weighted by molar-refractivity contribution is 5.35. The van der Waals surface area contributed by atoms with Crippen molar-refractivity contribution in [3.63, 3.8) is 0 Å². The molecule has 0 spiro atoms. The molecule has 0 aliphatic heterocycles. The lowest BCUT2D eigenvalue weighted by molar-refractivity contribution is -0.387. The minimum absolute atomic E-state index is 0.224. The summed E-state index contributed by atoms with van der Waals surface area (Å²) < 4.78 is 13.7. The number of hydrogen-bond acceptors (Lipinski definition) is 4. The maximum absolute atomic E-state index is 13.7. The Labute approximate surface area is 123 Å². The molecule has 1 aromatic carbocycles. The van der Waals surface area contributed by atoms with Crippen LogP contribution in [0, 0.1) is 26.8 Å². The van der Waals surface area contributed by atoms with E-state index in [4.69, 9.17) is 5.73 Å². The lowest BCUT2D eigenvalue weighted by atomic mass is 9.74. The highest BCUT2D eigenvalue weighted by Crippen LogP contribution is 2.50. The number of hydrogen-bond donors (Lipinski definition) is 2. The Balaban J connectivity index is 2.28. The molecule has 2 unspecified atom stereocenters. The highest BCUT2D eigenvalue weighted by atomic mass is 19.1. The van der Waals surface area contributed by atoms with Crippen LogP contribution in [-0.2, 0) is 6.42 Å². The Morgan fingerprint density at radius 3 is 2.57 bits per heavy atom. The Kier molecular flexibility index (Phi) is 4.04. The predicted molar refractivity (Wildman–Crippen MR) is 77.3 cm³/mol. The minimum Gasteiger partial charge on any atom is -0.392 e. The number of benzene rings is 1. The lowest BCUT2D eigenvalue weighted by Gasteiger charge is -2.36. The number of nitro benzene ring substituents is 1. The molecule has 2 rings (SSSR count). The molecule has 21 heavy (non-hydrogen) atoms. The molecule has 2 atom stereocenters. The van der Waals surface area contributed by atoms with Crippen LogP contribution in [0.5, 0.6) is 0 Å². The third-order valence-electron chi connectivity index (χ3n) is 4.76. The summed E-state index contributed by atoms with van der Waals surface area (Å²) in [5.41, 5.74) is 5.26. The van der Waals surface area contributed by atoms with E-state index >= 15 is 0 Å². The molecule has 1 fully saturated rings. The number of aliphatic hydroxyl groups excluding tert-OH is 1. The van der Waals surface area contributed by atoms with E-state index in [1.807, 2.05) is 13.8 Å². The number of nitrogens with zero attached hydrogens (tertiary/aromatic N) is 1. The van der Waals surface area contributed by atoms with E-state index in [1.165, 1.54) is 18.2 Å². The first kappa shape index (κ1) is 15.9. The van der Waals surface area contributed by atoms with Gasteiger partial charge < -0.3 is 10.8 Å². The van der Waals surface area contributed by atoms with Gasteiger partial charge in [-0.1, -0.05) is 19.9 Å². The SMILES string of the molecule is CC1(C)CCC(CN)(Cc2ccc([N+](=O)[O-])c(F)c2)C1O. The summed E-state index contributed by atoms with van der Waals surface area (Å²) in [6.07, 6.45) is 1.45. The maximum Gasteiger partial charge on any atom is 0.304 e. The van der Waals surface area contributed by atoms with Crippen LogP contribution in [0.15, 0.2) is 18.2 Å². The van der Waals surface area contributed by atoms with Crippen molar-refractivity contribution in [2.45, 2.75) is 39.2 Å². The summed E-state index contributed by atoms with van der Waals surface area (Å²) >= 11 is 0. The van der Waals surface area contributed by atoms with E-state index in [0.29, 0.717) is 18.5 Å². The smallest absolute Gasteiger partial charge is 0.304 e. The second-order valence-electron chi connectivity index (χ2n) is 6.68. The first-order chi connectivity index (χ1) is 9.72. The summed E-state index contributed by atoms with van der Waals surface area (Å²) in [4.78, 5) is 9.89. The Hall–Kier alpha value is -1.53. The summed E-state index contributed by atoms with van der Waals surface area (Å²) in [5.74, 6) is -0.851. The van der Waals surface area contributed by atoms with Crippen molar-refractivity contribution in [2.24, 2.45) is 16.6 Å². The number of aliphatic hydroxyl groups is 1. The molecule has 5 nitrogen and oxygen atoms in total. The van der Waals surface area contributed by atoms with Gasteiger partial charge in [-0.05, 0) is 36.3 Å².